The van der Waals surface area contributed by atoms with E-state index in [1.807, 2.05) is 55.5 Å². The van der Waals surface area contributed by atoms with Crippen molar-refractivity contribution in [2.24, 2.45) is 0 Å². The Morgan fingerprint density at radius 1 is 1.20 bits per heavy atom. The van der Waals surface area contributed by atoms with Crippen LogP contribution in [0.5, 0.6) is 5.75 Å². The van der Waals surface area contributed by atoms with Gasteiger partial charge in [0.1, 0.15) is 12.4 Å². The Morgan fingerprint density at radius 2 is 2.00 bits per heavy atom. The molecule has 0 atom stereocenters. The third-order valence-electron chi connectivity index (χ3n) is 2.84. The Bertz CT molecular complexity index is 630. The van der Waals surface area contributed by atoms with Crippen molar-refractivity contribution in [2.75, 3.05) is 0 Å². The van der Waals surface area contributed by atoms with Crippen molar-refractivity contribution >= 4 is 12.0 Å². The van der Waals surface area contributed by atoms with Gasteiger partial charge in [-0.1, -0.05) is 36.4 Å². The molecule has 3 heteroatoms. The standard InChI is InChI=1S/C17H16O3/c1-13-5-4-8-16(11-13)20-12-15-7-3-2-6-14(15)9-10-17(18)19/h2-11H,12H2,1H3,(H,18,19). The molecule has 0 aromatic heterocycles. The highest BCUT2D eigenvalue weighted by atomic mass is 16.5. The molecule has 3 nitrogen and oxygen atoms in total. The summed E-state index contributed by atoms with van der Waals surface area (Å²) in [7, 11) is 0. The molecule has 20 heavy (non-hydrogen) atoms. The van der Waals surface area contributed by atoms with Gasteiger partial charge in [0.15, 0.2) is 0 Å². The van der Waals surface area contributed by atoms with Crippen LogP contribution in [-0.4, -0.2) is 11.1 Å². The average molecular weight is 268 g/mol. The SMILES string of the molecule is Cc1cccc(OCc2ccccc2C=CC(=O)O)c1. The molecule has 2 aromatic carbocycles. The van der Waals surface area contributed by atoms with Crippen LogP contribution in [-0.2, 0) is 11.4 Å². The maximum absolute atomic E-state index is 10.6. The van der Waals surface area contributed by atoms with Gasteiger partial charge < -0.3 is 9.84 Å². The predicted octanol–water partition coefficient (Wildman–Crippen LogP) is 3.67. The van der Waals surface area contributed by atoms with Gasteiger partial charge >= 0.3 is 5.97 Å². The molecule has 0 unspecified atom stereocenters. The van der Waals surface area contributed by atoms with Gasteiger partial charge in [0, 0.05) is 6.08 Å². The molecule has 0 bridgehead atoms. The molecule has 0 aliphatic heterocycles. The highest BCUT2D eigenvalue weighted by Gasteiger charge is 2.01. The molecule has 0 radical (unpaired) electrons. The van der Waals surface area contributed by atoms with E-state index in [-0.39, 0.29) is 0 Å². The number of benzene rings is 2. The molecule has 0 saturated carbocycles. The molecule has 0 heterocycles. The largest absolute Gasteiger partial charge is 0.489 e. The Morgan fingerprint density at radius 3 is 2.75 bits per heavy atom. The zero-order valence-corrected chi connectivity index (χ0v) is 11.2. The topological polar surface area (TPSA) is 46.5 Å². The van der Waals surface area contributed by atoms with Crippen LogP contribution in [0.1, 0.15) is 16.7 Å². The van der Waals surface area contributed by atoms with Gasteiger partial charge in [-0.3, -0.25) is 0 Å². The first-order chi connectivity index (χ1) is 9.65. The molecule has 0 fully saturated rings. The third kappa shape index (κ3) is 3.99. The number of hydrogen-bond acceptors (Lipinski definition) is 2. The van der Waals surface area contributed by atoms with Gasteiger partial charge in [-0.25, -0.2) is 4.79 Å². The predicted molar refractivity (Wildman–Crippen MR) is 78.6 cm³/mol. The number of carboxylic acids is 1. The number of aryl methyl sites for hydroxylation is 1. The van der Waals surface area contributed by atoms with E-state index in [0.29, 0.717) is 6.61 Å². The Hall–Kier alpha value is -2.55. The van der Waals surface area contributed by atoms with Crippen molar-refractivity contribution < 1.29 is 14.6 Å². The fraction of sp³-hybridized carbons (Fsp3) is 0.118. The third-order valence-corrected chi connectivity index (χ3v) is 2.84. The number of rotatable bonds is 5. The van der Waals surface area contributed by atoms with Crippen LogP contribution >= 0.6 is 0 Å². The van der Waals surface area contributed by atoms with E-state index in [0.717, 1.165) is 28.5 Å². The lowest BCUT2D eigenvalue weighted by Gasteiger charge is -2.09. The molecular formula is C17H16O3. The van der Waals surface area contributed by atoms with E-state index >= 15 is 0 Å². The van der Waals surface area contributed by atoms with Gasteiger partial charge in [-0.15, -0.1) is 0 Å². The summed E-state index contributed by atoms with van der Waals surface area (Å²) in [6.45, 7) is 2.42. The highest BCUT2D eigenvalue weighted by molar-refractivity contribution is 5.85. The summed E-state index contributed by atoms with van der Waals surface area (Å²) in [6.07, 6.45) is 2.71. The van der Waals surface area contributed by atoms with Gasteiger partial charge in [0.05, 0.1) is 0 Å². The van der Waals surface area contributed by atoms with Gasteiger partial charge in [0.25, 0.3) is 0 Å². The van der Waals surface area contributed by atoms with E-state index in [9.17, 15) is 4.79 Å². The van der Waals surface area contributed by atoms with E-state index in [2.05, 4.69) is 0 Å². The van der Waals surface area contributed by atoms with Crippen LogP contribution in [0.15, 0.2) is 54.6 Å². The van der Waals surface area contributed by atoms with Crippen LogP contribution in [0.25, 0.3) is 6.08 Å². The summed E-state index contributed by atoms with van der Waals surface area (Å²) in [6, 6.07) is 15.4. The number of carboxylic acid groups (broad SMARTS) is 1. The maximum atomic E-state index is 10.6. The highest BCUT2D eigenvalue weighted by Crippen LogP contribution is 2.17. The summed E-state index contributed by atoms with van der Waals surface area (Å²) in [5.41, 5.74) is 2.94. The monoisotopic (exact) mass is 268 g/mol. The van der Waals surface area contributed by atoms with Crippen molar-refractivity contribution in [3.63, 3.8) is 0 Å². The zero-order valence-electron chi connectivity index (χ0n) is 11.2. The molecule has 2 rings (SSSR count). The maximum Gasteiger partial charge on any atom is 0.328 e. The average Bonchev–Trinajstić information content (AvgIpc) is 2.44. The minimum absolute atomic E-state index is 0.406. The van der Waals surface area contributed by atoms with Crippen LogP contribution in [0, 0.1) is 6.92 Å². The quantitative estimate of drug-likeness (QED) is 0.841. The molecule has 0 aliphatic carbocycles. The second-order valence-corrected chi connectivity index (χ2v) is 4.48. The number of aliphatic carboxylic acids is 1. The molecule has 0 aliphatic rings. The molecule has 1 N–H and O–H groups in total. The molecule has 2 aromatic rings. The first-order valence-electron chi connectivity index (χ1n) is 6.33. The molecule has 0 amide bonds. The summed E-state index contributed by atoms with van der Waals surface area (Å²) in [5, 5.41) is 8.69. The number of ether oxygens (including phenoxy) is 1. The second-order valence-electron chi connectivity index (χ2n) is 4.48. The fourth-order valence-electron chi connectivity index (χ4n) is 1.86. The van der Waals surface area contributed by atoms with Crippen LogP contribution in [0.3, 0.4) is 0 Å². The lowest BCUT2D eigenvalue weighted by molar-refractivity contribution is -0.131. The van der Waals surface area contributed by atoms with Crippen molar-refractivity contribution in [3.05, 3.63) is 71.3 Å². The van der Waals surface area contributed by atoms with Gasteiger partial charge in [0.2, 0.25) is 0 Å². The summed E-state index contributed by atoms with van der Waals surface area (Å²) in [4.78, 5) is 10.6. The lowest BCUT2D eigenvalue weighted by atomic mass is 10.1. The Balaban J connectivity index is 2.11. The normalized spacial score (nSPS) is 10.7. The smallest absolute Gasteiger partial charge is 0.328 e. The zero-order chi connectivity index (χ0) is 14.4. The van der Waals surface area contributed by atoms with Crippen LogP contribution in [0.2, 0.25) is 0 Å². The molecular weight excluding hydrogens is 252 g/mol. The van der Waals surface area contributed by atoms with Crippen molar-refractivity contribution in [1.82, 2.24) is 0 Å². The van der Waals surface area contributed by atoms with E-state index in [1.54, 1.807) is 6.08 Å². The van der Waals surface area contributed by atoms with Crippen LogP contribution in [0.4, 0.5) is 0 Å². The van der Waals surface area contributed by atoms with E-state index in [4.69, 9.17) is 9.84 Å². The minimum atomic E-state index is -0.959. The first-order valence-corrected chi connectivity index (χ1v) is 6.33. The second kappa shape index (κ2) is 6.57. The summed E-state index contributed by atoms with van der Waals surface area (Å²) < 4.78 is 5.74. The lowest BCUT2D eigenvalue weighted by Crippen LogP contribution is -1.98. The molecule has 0 spiro atoms. The first kappa shape index (κ1) is 13.9. The fourth-order valence-corrected chi connectivity index (χ4v) is 1.86. The van der Waals surface area contributed by atoms with Gasteiger partial charge in [-0.2, -0.15) is 0 Å². The van der Waals surface area contributed by atoms with E-state index in [1.165, 1.54) is 0 Å². The summed E-state index contributed by atoms with van der Waals surface area (Å²) >= 11 is 0. The van der Waals surface area contributed by atoms with Crippen molar-refractivity contribution in [2.45, 2.75) is 13.5 Å². The number of carbonyl (C=O) groups is 1. The number of hydrogen-bond donors (Lipinski definition) is 1. The summed E-state index contributed by atoms with van der Waals surface area (Å²) in [5.74, 6) is -0.151. The van der Waals surface area contributed by atoms with E-state index < -0.39 is 5.97 Å². The van der Waals surface area contributed by atoms with Crippen molar-refractivity contribution in [3.8, 4) is 5.75 Å². The van der Waals surface area contributed by atoms with Gasteiger partial charge in [-0.05, 0) is 41.8 Å². The van der Waals surface area contributed by atoms with Crippen LogP contribution < -0.4 is 4.74 Å². The molecule has 102 valence electrons. The van der Waals surface area contributed by atoms with Crippen molar-refractivity contribution in [1.29, 1.82) is 0 Å². The Kier molecular flexibility index (Phi) is 4.56. The Labute approximate surface area is 118 Å². The molecule has 0 saturated heterocycles. The minimum Gasteiger partial charge on any atom is -0.489 e.